The molecule has 25 heavy (non-hydrogen) atoms. The van der Waals surface area contributed by atoms with Gasteiger partial charge in [0.1, 0.15) is 5.75 Å². The number of fused-ring (bicyclic) bond motifs is 1. The molecule has 1 fully saturated rings. The number of ether oxygens (including phenoxy) is 1. The predicted molar refractivity (Wildman–Crippen MR) is 99.3 cm³/mol. The van der Waals surface area contributed by atoms with Crippen LogP contribution in [0.25, 0.3) is 22.2 Å². The van der Waals surface area contributed by atoms with Crippen LogP contribution >= 0.6 is 12.4 Å². The van der Waals surface area contributed by atoms with Crippen LogP contribution in [0, 0.1) is 0 Å². The summed E-state index contributed by atoms with van der Waals surface area (Å²) in [5.41, 5.74) is 0.927. The molecule has 1 unspecified atom stereocenters. The van der Waals surface area contributed by atoms with Crippen molar-refractivity contribution in [2.45, 2.75) is 6.04 Å². The van der Waals surface area contributed by atoms with E-state index in [-0.39, 0.29) is 18.4 Å². The van der Waals surface area contributed by atoms with Gasteiger partial charge in [0.15, 0.2) is 5.82 Å². The average molecular weight is 361 g/mol. The molecule has 0 saturated carbocycles. The molecule has 0 radical (unpaired) electrons. The maximum atomic E-state index is 5.58. The Morgan fingerprint density at radius 1 is 1.20 bits per heavy atom. The van der Waals surface area contributed by atoms with Crippen LogP contribution in [0.5, 0.6) is 5.75 Å². The van der Waals surface area contributed by atoms with Crippen LogP contribution in [-0.4, -0.2) is 48.8 Å². The fourth-order valence-electron chi connectivity index (χ4n) is 3.21. The predicted octanol–water partition coefficient (Wildman–Crippen LogP) is 2.90. The Morgan fingerprint density at radius 3 is 2.76 bits per heavy atom. The van der Waals surface area contributed by atoms with Gasteiger partial charge in [0, 0.05) is 30.6 Å². The van der Waals surface area contributed by atoms with Crippen molar-refractivity contribution in [3.63, 3.8) is 0 Å². The fraction of sp³-hybridized carbons (Fsp3) is 0.333. The van der Waals surface area contributed by atoms with Gasteiger partial charge in [0.2, 0.25) is 0 Å². The molecule has 0 aliphatic carbocycles. The van der Waals surface area contributed by atoms with Crippen LogP contribution in [-0.2, 0) is 0 Å². The van der Waals surface area contributed by atoms with Crippen molar-refractivity contribution >= 4 is 23.2 Å². The van der Waals surface area contributed by atoms with E-state index in [1.807, 2.05) is 36.4 Å². The highest BCUT2D eigenvalue weighted by atomic mass is 35.5. The number of halogens is 1. The molecule has 2 heterocycles. The van der Waals surface area contributed by atoms with Crippen LogP contribution in [0.4, 0.5) is 0 Å². The first-order valence-electron chi connectivity index (χ1n) is 8.08. The second kappa shape index (κ2) is 7.39. The maximum absolute atomic E-state index is 5.58. The van der Waals surface area contributed by atoms with Gasteiger partial charge in [-0.25, -0.2) is 0 Å². The van der Waals surface area contributed by atoms with Gasteiger partial charge < -0.3 is 14.6 Å². The molecule has 1 atom stereocenters. The molecule has 1 aliphatic heterocycles. The third kappa shape index (κ3) is 3.20. The summed E-state index contributed by atoms with van der Waals surface area (Å²) in [5.74, 6) is 2.10. The first-order chi connectivity index (χ1) is 11.8. The first kappa shape index (κ1) is 17.7. The third-order valence-corrected chi connectivity index (χ3v) is 4.59. The van der Waals surface area contributed by atoms with Gasteiger partial charge >= 0.3 is 0 Å². The third-order valence-electron chi connectivity index (χ3n) is 4.59. The molecule has 2 aromatic carbocycles. The molecule has 1 aliphatic rings. The van der Waals surface area contributed by atoms with Gasteiger partial charge in [0.25, 0.3) is 5.89 Å². The van der Waals surface area contributed by atoms with E-state index >= 15 is 0 Å². The van der Waals surface area contributed by atoms with Crippen LogP contribution in [0.2, 0.25) is 0 Å². The number of benzene rings is 2. The highest BCUT2D eigenvalue weighted by molar-refractivity contribution is 5.98. The van der Waals surface area contributed by atoms with E-state index in [0.29, 0.717) is 5.89 Å². The second-order valence-corrected chi connectivity index (χ2v) is 6.02. The Morgan fingerprint density at radius 2 is 2.00 bits per heavy atom. The summed E-state index contributed by atoms with van der Waals surface area (Å²) in [6.07, 6.45) is 0. The van der Waals surface area contributed by atoms with Crippen molar-refractivity contribution in [2.75, 3.05) is 33.8 Å². The second-order valence-electron chi connectivity index (χ2n) is 6.02. The summed E-state index contributed by atoms with van der Waals surface area (Å²) in [6, 6.07) is 12.1. The molecule has 4 rings (SSSR count). The number of aromatic nitrogens is 2. The van der Waals surface area contributed by atoms with Crippen molar-refractivity contribution in [2.24, 2.45) is 0 Å². The molecule has 6 nitrogen and oxygen atoms in total. The summed E-state index contributed by atoms with van der Waals surface area (Å²) in [5, 5.41) is 9.67. The Hall–Kier alpha value is -2.15. The lowest BCUT2D eigenvalue weighted by atomic mass is 10.0. The lowest BCUT2D eigenvalue weighted by Crippen LogP contribution is -2.44. The zero-order chi connectivity index (χ0) is 16.5. The molecule has 1 aromatic heterocycles. The summed E-state index contributed by atoms with van der Waals surface area (Å²) < 4.78 is 11.0. The monoisotopic (exact) mass is 360 g/mol. The van der Waals surface area contributed by atoms with Gasteiger partial charge in [-0.3, -0.25) is 4.90 Å². The molecule has 7 heteroatoms. The van der Waals surface area contributed by atoms with Crippen LogP contribution in [0.15, 0.2) is 40.9 Å². The van der Waals surface area contributed by atoms with Crippen molar-refractivity contribution < 1.29 is 9.26 Å². The zero-order valence-electron chi connectivity index (χ0n) is 14.2. The molecule has 0 spiro atoms. The summed E-state index contributed by atoms with van der Waals surface area (Å²) in [6.45, 7) is 2.79. The molecule has 1 saturated heterocycles. The van der Waals surface area contributed by atoms with E-state index in [1.165, 1.54) is 0 Å². The quantitative estimate of drug-likeness (QED) is 0.774. The normalized spacial score (nSPS) is 18.1. The van der Waals surface area contributed by atoms with E-state index in [4.69, 9.17) is 9.26 Å². The zero-order valence-corrected chi connectivity index (χ0v) is 15.0. The largest absolute Gasteiger partial charge is 0.496 e. The summed E-state index contributed by atoms with van der Waals surface area (Å²) in [4.78, 5) is 6.91. The van der Waals surface area contributed by atoms with E-state index in [9.17, 15) is 0 Å². The molecule has 3 aromatic rings. The fourth-order valence-corrected chi connectivity index (χ4v) is 3.21. The minimum atomic E-state index is 0. The first-order valence-corrected chi connectivity index (χ1v) is 8.08. The Bertz CT molecular complexity index is 867. The van der Waals surface area contributed by atoms with E-state index < -0.39 is 0 Å². The lowest BCUT2D eigenvalue weighted by molar-refractivity contribution is 0.190. The Kier molecular flexibility index (Phi) is 5.22. The molecule has 0 bridgehead atoms. The Balaban J connectivity index is 0.00000182. The highest BCUT2D eigenvalue weighted by Crippen LogP contribution is 2.34. The average Bonchev–Trinajstić information content (AvgIpc) is 3.10. The van der Waals surface area contributed by atoms with Crippen LogP contribution in [0.1, 0.15) is 11.9 Å². The van der Waals surface area contributed by atoms with Gasteiger partial charge in [-0.1, -0.05) is 29.4 Å². The van der Waals surface area contributed by atoms with Gasteiger partial charge in [-0.05, 0) is 24.6 Å². The van der Waals surface area contributed by atoms with Gasteiger partial charge in [-0.15, -0.1) is 12.4 Å². The topological polar surface area (TPSA) is 63.4 Å². The lowest BCUT2D eigenvalue weighted by Gasteiger charge is -2.30. The highest BCUT2D eigenvalue weighted by Gasteiger charge is 2.26. The Labute approximate surface area is 152 Å². The van der Waals surface area contributed by atoms with Crippen molar-refractivity contribution in [1.82, 2.24) is 20.4 Å². The SMILES string of the molecule is COc1ccc(-c2nc(C3CNCCN3C)no2)c2ccccc12.Cl. The van der Waals surface area contributed by atoms with Crippen LogP contribution < -0.4 is 10.1 Å². The van der Waals surface area contributed by atoms with Crippen LogP contribution in [0.3, 0.4) is 0 Å². The maximum Gasteiger partial charge on any atom is 0.258 e. The van der Waals surface area contributed by atoms with Crippen molar-refractivity contribution in [1.29, 1.82) is 0 Å². The van der Waals surface area contributed by atoms with Crippen molar-refractivity contribution in [3.05, 3.63) is 42.2 Å². The molecule has 1 N–H and O–H groups in total. The molecular weight excluding hydrogens is 340 g/mol. The number of piperazine rings is 1. The van der Waals surface area contributed by atoms with E-state index in [0.717, 1.165) is 47.5 Å². The van der Waals surface area contributed by atoms with E-state index in [2.05, 4.69) is 27.4 Å². The number of nitrogens with one attached hydrogen (secondary N) is 1. The smallest absolute Gasteiger partial charge is 0.258 e. The minimum Gasteiger partial charge on any atom is -0.496 e. The van der Waals surface area contributed by atoms with Gasteiger partial charge in [-0.2, -0.15) is 4.98 Å². The standard InChI is InChI=1S/C18H20N4O2.ClH/c1-22-10-9-19-11-15(22)17-20-18(24-21-17)14-7-8-16(23-2)13-6-4-3-5-12(13)14;/h3-8,15,19H,9-11H2,1-2H3;1H. The van der Waals surface area contributed by atoms with Crippen molar-refractivity contribution in [3.8, 4) is 17.2 Å². The number of likely N-dealkylation sites (N-methyl/N-ethyl adjacent to an activating group) is 1. The molecule has 0 amide bonds. The van der Waals surface area contributed by atoms with Gasteiger partial charge in [0.05, 0.1) is 13.2 Å². The number of rotatable bonds is 3. The molecule has 132 valence electrons. The summed E-state index contributed by atoms with van der Waals surface area (Å²) in [7, 11) is 3.77. The number of methoxy groups -OCH3 is 1. The summed E-state index contributed by atoms with van der Waals surface area (Å²) >= 11 is 0. The van der Waals surface area contributed by atoms with E-state index in [1.54, 1.807) is 7.11 Å². The number of nitrogens with zero attached hydrogens (tertiary/aromatic N) is 3. The molecular formula is C18H21ClN4O2. The minimum absolute atomic E-state index is 0. The number of hydrogen-bond acceptors (Lipinski definition) is 6. The number of hydrogen-bond donors (Lipinski definition) is 1.